The summed E-state index contributed by atoms with van der Waals surface area (Å²) in [5, 5.41) is 0. The van der Waals surface area contributed by atoms with Crippen molar-refractivity contribution in [1.82, 2.24) is 4.31 Å². The van der Waals surface area contributed by atoms with Crippen molar-refractivity contribution in [2.75, 3.05) is 5.75 Å². The van der Waals surface area contributed by atoms with Gasteiger partial charge in [0.15, 0.2) is 0 Å². The molecule has 0 bridgehead atoms. The molecule has 3 atom stereocenters. The fraction of sp³-hybridized carbons (Fsp3) is 0.955. The molecule has 1 saturated heterocycles. The molecule has 0 aromatic rings. The Kier molecular flexibility index (Phi) is 9.36. The predicted molar refractivity (Wildman–Crippen MR) is 113 cm³/mol. The summed E-state index contributed by atoms with van der Waals surface area (Å²) in [6, 6.07) is 0.380. The van der Waals surface area contributed by atoms with Gasteiger partial charge in [0.1, 0.15) is 0 Å². The van der Waals surface area contributed by atoms with E-state index in [1.165, 1.54) is 25.7 Å². The average Bonchev–Trinajstić information content (AvgIpc) is 2.96. The summed E-state index contributed by atoms with van der Waals surface area (Å²) in [5.41, 5.74) is 0.465. The molecule has 0 aliphatic carbocycles. The fourth-order valence-corrected chi connectivity index (χ4v) is 6.70. The minimum Gasteiger partial charge on any atom is -0.282 e. The van der Waals surface area contributed by atoms with Crippen LogP contribution in [0.5, 0.6) is 0 Å². The molecule has 0 saturated carbocycles. The number of amides is 1. The lowest BCUT2D eigenvalue weighted by atomic mass is 9.61. The molecule has 1 amide bonds. The molecule has 2 unspecified atom stereocenters. The van der Waals surface area contributed by atoms with Gasteiger partial charge >= 0.3 is 0 Å². The van der Waals surface area contributed by atoms with Crippen LogP contribution in [0.4, 0.5) is 0 Å². The summed E-state index contributed by atoms with van der Waals surface area (Å²) < 4.78 is 2.22. The Bertz CT molecular complexity index is 403. The van der Waals surface area contributed by atoms with Gasteiger partial charge in [-0.2, -0.15) is 0 Å². The maximum atomic E-state index is 13.4. The van der Waals surface area contributed by atoms with Crippen LogP contribution >= 0.6 is 11.9 Å². The predicted octanol–water partition coefficient (Wildman–Crippen LogP) is 7.08. The van der Waals surface area contributed by atoms with Crippen molar-refractivity contribution in [3.05, 3.63) is 0 Å². The molecule has 0 spiro atoms. The van der Waals surface area contributed by atoms with Gasteiger partial charge in [0.25, 0.3) is 0 Å². The largest absolute Gasteiger partial charge is 0.282 e. The maximum Gasteiger partial charge on any atom is 0.235 e. The van der Waals surface area contributed by atoms with Crippen LogP contribution in [0.25, 0.3) is 0 Å². The zero-order valence-electron chi connectivity index (χ0n) is 18.0. The van der Waals surface area contributed by atoms with Gasteiger partial charge in [0, 0.05) is 17.1 Å². The monoisotopic (exact) mass is 369 g/mol. The van der Waals surface area contributed by atoms with Crippen molar-refractivity contribution in [3.63, 3.8) is 0 Å². The number of carbonyl (C=O) groups excluding carboxylic acids is 1. The standard InChI is InChI=1S/C22H43NOS/c1-8-12-13-14-16-18(15-9-2)20(24)23-19(10-3)22(11-4,17-25-23)21(5,6)7/h18-19H,8-17H2,1-7H3/t18-,19?,22?/m1/s1. The first-order chi connectivity index (χ1) is 11.8. The second-order valence-electron chi connectivity index (χ2n) is 8.96. The first-order valence-electron chi connectivity index (χ1n) is 10.7. The summed E-state index contributed by atoms with van der Waals surface area (Å²) >= 11 is 1.82. The summed E-state index contributed by atoms with van der Waals surface area (Å²) in [4.78, 5) is 13.4. The van der Waals surface area contributed by atoms with Crippen molar-refractivity contribution in [1.29, 1.82) is 0 Å². The van der Waals surface area contributed by atoms with Crippen LogP contribution in [0.2, 0.25) is 0 Å². The third-order valence-electron chi connectivity index (χ3n) is 6.50. The van der Waals surface area contributed by atoms with Gasteiger partial charge in [0.2, 0.25) is 5.91 Å². The van der Waals surface area contributed by atoms with E-state index >= 15 is 0 Å². The molecular formula is C22H43NOS. The Labute approximate surface area is 162 Å². The molecule has 3 heteroatoms. The van der Waals surface area contributed by atoms with E-state index in [0.717, 1.165) is 37.9 Å². The maximum absolute atomic E-state index is 13.4. The summed E-state index contributed by atoms with van der Waals surface area (Å²) in [6.07, 6.45) is 10.5. The van der Waals surface area contributed by atoms with Crippen LogP contribution < -0.4 is 0 Å². The molecule has 1 rings (SSSR count). The molecule has 1 aliphatic rings. The molecule has 2 nitrogen and oxygen atoms in total. The molecule has 1 heterocycles. The summed E-state index contributed by atoms with van der Waals surface area (Å²) in [7, 11) is 0. The van der Waals surface area contributed by atoms with Crippen LogP contribution in [0.15, 0.2) is 0 Å². The second-order valence-corrected chi connectivity index (χ2v) is 9.90. The van der Waals surface area contributed by atoms with Crippen molar-refractivity contribution in [2.45, 2.75) is 112 Å². The van der Waals surface area contributed by atoms with Crippen LogP contribution in [0.1, 0.15) is 106 Å². The number of hydrogen-bond acceptors (Lipinski definition) is 2. The number of nitrogens with zero attached hydrogens (tertiary/aromatic N) is 1. The Morgan fingerprint density at radius 1 is 1.08 bits per heavy atom. The lowest BCUT2D eigenvalue weighted by Crippen LogP contribution is -2.49. The Hall–Kier alpha value is -0.180. The molecule has 0 N–H and O–H groups in total. The van der Waals surface area contributed by atoms with Crippen LogP contribution in [0, 0.1) is 16.7 Å². The van der Waals surface area contributed by atoms with Crippen LogP contribution in [-0.2, 0) is 4.79 Å². The van der Waals surface area contributed by atoms with E-state index in [4.69, 9.17) is 0 Å². The molecule has 0 radical (unpaired) electrons. The first-order valence-corrected chi connectivity index (χ1v) is 11.7. The number of hydrogen-bond donors (Lipinski definition) is 0. The van der Waals surface area contributed by atoms with Crippen molar-refractivity contribution in [3.8, 4) is 0 Å². The third kappa shape index (κ3) is 5.17. The molecule has 1 aliphatic heterocycles. The second kappa shape index (κ2) is 10.2. The SMILES string of the molecule is CCCCCC[C@@H](CCC)C(=O)N1SCC(CC)(C(C)(C)C)C1CC. The van der Waals surface area contributed by atoms with Gasteiger partial charge in [-0.05, 0) is 43.0 Å². The van der Waals surface area contributed by atoms with Gasteiger partial charge in [-0.3, -0.25) is 9.10 Å². The highest BCUT2D eigenvalue weighted by molar-refractivity contribution is 7.97. The highest BCUT2D eigenvalue weighted by Gasteiger charge is 2.54. The normalized spacial score (nSPS) is 25.4. The summed E-state index contributed by atoms with van der Waals surface area (Å²) in [5.74, 6) is 1.75. The average molecular weight is 370 g/mol. The first kappa shape index (κ1) is 22.9. The lowest BCUT2D eigenvalue weighted by molar-refractivity contribution is -0.134. The van der Waals surface area contributed by atoms with E-state index in [0.29, 0.717) is 11.9 Å². The highest BCUT2D eigenvalue weighted by Crippen LogP contribution is 2.55. The van der Waals surface area contributed by atoms with Gasteiger partial charge in [-0.15, -0.1) is 0 Å². The summed E-state index contributed by atoms with van der Waals surface area (Å²) in [6.45, 7) is 16.1. The fourth-order valence-electron chi connectivity index (χ4n) is 4.69. The van der Waals surface area contributed by atoms with Crippen LogP contribution in [-0.4, -0.2) is 22.0 Å². The zero-order valence-corrected chi connectivity index (χ0v) is 18.8. The van der Waals surface area contributed by atoms with E-state index in [-0.39, 0.29) is 16.7 Å². The van der Waals surface area contributed by atoms with E-state index in [1.54, 1.807) is 0 Å². The smallest absolute Gasteiger partial charge is 0.235 e. The molecule has 0 aromatic heterocycles. The topological polar surface area (TPSA) is 20.3 Å². The van der Waals surface area contributed by atoms with Crippen molar-refractivity contribution >= 4 is 17.9 Å². The minimum atomic E-state index is 0.228. The van der Waals surface area contributed by atoms with E-state index in [1.807, 2.05) is 11.9 Å². The number of rotatable bonds is 10. The molecular weight excluding hydrogens is 326 g/mol. The third-order valence-corrected chi connectivity index (χ3v) is 7.86. The minimum absolute atomic E-state index is 0.228. The van der Waals surface area contributed by atoms with Crippen LogP contribution in [0.3, 0.4) is 0 Å². The van der Waals surface area contributed by atoms with Crippen molar-refractivity contribution < 1.29 is 4.79 Å². The number of unbranched alkanes of at least 4 members (excludes halogenated alkanes) is 3. The van der Waals surface area contributed by atoms with E-state index in [9.17, 15) is 4.79 Å². The molecule has 0 aromatic carbocycles. The van der Waals surface area contributed by atoms with E-state index in [2.05, 4.69) is 52.8 Å². The molecule has 25 heavy (non-hydrogen) atoms. The van der Waals surface area contributed by atoms with Gasteiger partial charge in [-0.25, -0.2) is 0 Å². The Balaban J connectivity index is 2.90. The van der Waals surface area contributed by atoms with Gasteiger partial charge < -0.3 is 0 Å². The Morgan fingerprint density at radius 2 is 1.76 bits per heavy atom. The van der Waals surface area contributed by atoms with Gasteiger partial charge in [-0.1, -0.05) is 80.6 Å². The van der Waals surface area contributed by atoms with Gasteiger partial charge in [0.05, 0.1) is 6.04 Å². The van der Waals surface area contributed by atoms with E-state index < -0.39 is 0 Å². The quantitative estimate of drug-likeness (QED) is 0.303. The highest BCUT2D eigenvalue weighted by atomic mass is 32.2. The lowest BCUT2D eigenvalue weighted by Gasteiger charge is -2.46. The number of carbonyl (C=O) groups is 1. The molecule has 148 valence electrons. The zero-order chi connectivity index (χ0) is 19.1. The van der Waals surface area contributed by atoms with Crippen molar-refractivity contribution in [2.24, 2.45) is 16.7 Å². The molecule has 1 fully saturated rings. The Morgan fingerprint density at radius 3 is 2.24 bits per heavy atom.